The summed E-state index contributed by atoms with van der Waals surface area (Å²) < 4.78 is 16.2. The van der Waals surface area contributed by atoms with Crippen LogP contribution in [0.4, 0.5) is 0 Å². The molecule has 2 aromatic rings. The predicted molar refractivity (Wildman–Crippen MR) is 109 cm³/mol. The van der Waals surface area contributed by atoms with Crippen LogP contribution in [0, 0.1) is 0 Å². The van der Waals surface area contributed by atoms with Gasteiger partial charge in [-0.2, -0.15) is 0 Å². The molecule has 9 heteroatoms. The van der Waals surface area contributed by atoms with Crippen LogP contribution in [0.15, 0.2) is 45.3 Å². The van der Waals surface area contributed by atoms with Crippen molar-refractivity contribution in [1.82, 2.24) is 0 Å². The lowest BCUT2D eigenvalue weighted by Gasteiger charge is -2.06. The molecule has 2 aromatic carbocycles. The minimum atomic E-state index is -1.10. The largest absolute Gasteiger partial charge is 0.428 e. The summed E-state index contributed by atoms with van der Waals surface area (Å²) in [7, 11) is 2.51. The second kappa shape index (κ2) is 10.7. The summed E-state index contributed by atoms with van der Waals surface area (Å²) in [6.45, 7) is 0. The molecule has 0 fully saturated rings. The van der Waals surface area contributed by atoms with Gasteiger partial charge in [0, 0.05) is 34.3 Å². The van der Waals surface area contributed by atoms with Crippen LogP contribution in [0.25, 0.3) is 0 Å². The summed E-state index contributed by atoms with van der Waals surface area (Å²) in [6, 6.07) is 10.5. The zero-order chi connectivity index (χ0) is 20.1. The Hall–Kier alpha value is -1.78. The van der Waals surface area contributed by atoms with Crippen LogP contribution < -0.4 is 0 Å². The third-order valence-corrected chi connectivity index (χ3v) is 4.62. The lowest BCUT2D eigenvalue weighted by atomic mass is 10.1. The summed E-state index contributed by atoms with van der Waals surface area (Å²) in [6.07, 6.45) is -1.64. The molecule has 0 amide bonds. The number of methoxy groups -OCH3 is 1. The number of hydrogen-bond acceptors (Lipinski definition) is 7. The Balaban J connectivity index is 0.000000250. The Morgan fingerprint density at radius 1 is 0.893 bits per heavy atom. The van der Waals surface area contributed by atoms with Crippen LogP contribution in [0.5, 0.6) is 0 Å². The van der Waals surface area contributed by atoms with E-state index in [1.165, 1.54) is 7.11 Å². The number of aliphatic hydroxyl groups is 2. The van der Waals surface area contributed by atoms with Gasteiger partial charge in [0.05, 0.1) is 11.1 Å². The SMILES string of the molecule is C.CO.COC1OC(=O)c2cc(Br)ccc21.O=C1OC(O)c2ccc(Br)cc21. The highest BCUT2D eigenvalue weighted by Gasteiger charge is 2.31. The maximum Gasteiger partial charge on any atom is 0.341 e. The smallest absolute Gasteiger partial charge is 0.341 e. The van der Waals surface area contributed by atoms with Crippen LogP contribution in [0.1, 0.15) is 51.8 Å². The van der Waals surface area contributed by atoms with Crippen LogP contribution in [-0.2, 0) is 14.2 Å². The molecule has 2 aliphatic heterocycles. The molecule has 2 N–H and O–H groups in total. The molecule has 0 aliphatic carbocycles. The van der Waals surface area contributed by atoms with Crippen molar-refractivity contribution in [3.8, 4) is 0 Å². The number of hydrogen-bond donors (Lipinski definition) is 2. The van der Waals surface area contributed by atoms with Crippen molar-refractivity contribution in [2.75, 3.05) is 14.2 Å². The number of cyclic esters (lactones) is 2. The van der Waals surface area contributed by atoms with Gasteiger partial charge in [-0.25, -0.2) is 9.59 Å². The normalized spacial score (nSPS) is 18.2. The Morgan fingerprint density at radius 3 is 1.89 bits per heavy atom. The quantitative estimate of drug-likeness (QED) is 0.546. The van der Waals surface area contributed by atoms with Gasteiger partial charge in [0.25, 0.3) is 0 Å². The molecule has 0 radical (unpaired) electrons. The van der Waals surface area contributed by atoms with Gasteiger partial charge in [-0.1, -0.05) is 51.4 Å². The van der Waals surface area contributed by atoms with Gasteiger partial charge in [-0.05, 0) is 24.3 Å². The molecule has 0 bridgehead atoms. The van der Waals surface area contributed by atoms with Crippen molar-refractivity contribution >= 4 is 43.8 Å². The molecular formula is C19H20Br2O7. The number of carbonyl (C=O) groups is 2. The highest BCUT2D eigenvalue weighted by Crippen LogP contribution is 2.32. The summed E-state index contributed by atoms with van der Waals surface area (Å²) in [4.78, 5) is 22.3. The fraction of sp³-hybridized carbons (Fsp3) is 0.263. The third-order valence-electron chi connectivity index (χ3n) is 3.64. The first-order valence-corrected chi connectivity index (χ1v) is 9.15. The molecule has 4 rings (SSSR count). The van der Waals surface area contributed by atoms with E-state index in [1.807, 2.05) is 12.1 Å². The summed E-state index contributed by atoms with van der Waals surface area (Å²) in [5.74, 6) is -0.804. The molecule has 2 heterocycles. The van der Waals surface area contributed by atoms with E-state index < -0.39 is 18.5 Å². The fourth-order valence-electron chi connectivity index (χ4n) is 2.46. The van der Waals surface area contributed by atoms with Crippen molar-refractivity contribution in [3.63, 3.8) is 0 Å². The predicted octanol–water partition coefficient (Wildman–Crippen LogP) is 4.12. The standard InChI is InChI=1S/C9H7BrO3.C8H5BrO3.CH4O.CH4/c1-12-9-6-3-2-5(10)4-7(6)8(11)13-9;9-4-1-2-5-6(3-4)8(11)12-7(5)10;1-2;/h2-4,9H,1H3;1-3,7,10H;2H,1H3;1H4. The van der Waals surface area contributed by atoms with Crippen molar-refractivity contribution in [2.24, 2.45) is 0 Å². The number of halogens is 2. The Labute approximate surface area is 179 Å². The monoisotopic (exact) mass is 518 g/mol. The number of carbonyl (C=O) groups excluding carboxylic acids is 2. The van der Waals surface area contributed by atoms with Crippen LogP contribution in [0.3, 0.4) is 0 Å². The third kappa shape index (κ3) is 5.18. The van der Waals surface area contributed by atoms with E-state index >= 15 is 0 Å². The maximum atomic E-state index is 11.3. The first-order valence-electron chi connectivity index (χ1n) is 7.57. The fourth-order valence-corrected chi connectivity index (χ4v) is 3.18. The van der Waals surface area contributed by atoms with E-state index in [9.17, 15) is 14.7 Å². The van der Waals surface area contributed by atoms with E-state index in [-0.39, 0.29) is 13.4 Å². The second-order valence-corrected chi connectivity index (χ2v) is 7.03. The number of fused-ring (bicyclic) bond motifs is 2. The second-order valence-electron chi connectivity index (χ2n) is 5.19. The summed E-state index contributed by atoms with van der Waals surface area (Å²) in [5, 5.41) is 16.2. The van der Waals surface area contributed by atoms with Crippen molar-refractivity contribution < 1.29 is 34.0 Å². The molecule has 2 aliphatic rings. The Kier molecular flexibility index (Phi) is 9.25. The molecule has 7 nitrogen and oxygen atoms in total. The molecule has 0 aromatic heterocycles. The van der Waals surface area contributed by atoms with E-state index in [0.717, 1.165) is 21.6 Å². The van der Waals surface area contributed by atoms with Crippen LogP contribution in [-0.4, -0.2) is 36.4 Å². The number of esters is 2. The van der Waals surface area contributed by atoms with Gasteiger partial charge in [0.2, 0.25) is 12.6 Å². The summed E-state index contributed by atoms with van der Waals surface area (Å²) >= 11 is 6.51. The Morgan fingerprint density at radius 2 is 1.36 bits per heavy atom. The molecule has 0 saturated carbocycles. The van der Waals surface area contributed by atoms with Crippen molar-refractivity contribution in [2.45, 2.75) is 20.0 Å². The van der Waals surface area contributed by atoms with Gasteiger partial charge in [0.1, 0.15) is 0 Å². The van der Waals surface area contributed by atoms with Gasteiger partial charge in [-0.15, -0.1) is 0 Å². The van der Waals surface area contributed by atoms with Gasteiger partial charge >= 0.3 is 11.9 Å². The minimum absolute atomic E-state index is 0. The van der Waals surface area contributed by atoms with Gasteiger partial charge in [-0.3, -0.25) is 0 Å². The van der Waals surface area contributed by atoms with Crippen LogP contribution >= 0.6 is 31.9 Å². The van der Waals surface area contributed by atoms with Gasteiger partial charge in [0.15, 0.2) is 0 Å². The average Bonchev–Trinajstić information content (AvgIpc) is 3.13. The van der Waals surface area contributed by atoms with Crippen LogP contribution in [0.2, 0.25) is 0 Å². The average molecular weight is 520 g/mol. The zero-order valence-electron chi connectivity index (χ0n) is 14.3. The minimum Gasteiger partial charge on any atom is -0.428 e. The molecule has 28 heavy (non-hydrogen) atoms. The van der Waals surface area contributed by atoms with Crippen molar-refractivity contribution in [3.05, 3.63) is 67.6 Å². The number of rotatable bonds is 1. The number of benzene rings is 2. The van der Waals surface area contributed by atoms with E-state index in [0.29, 0.717) is 16.7 Å². The highest BCUT2D eigenvalue weighted by molar-refractivity contribution is 9.10. The molecule has 2 unspecified atom stereocenters. The maximum absolute atomic E-state index is 11.3. The van der Waals surface area contributed by atoms with E-state index in [4.69, 9.17) is 14.6 Å². The molecule has 0 spiro atoms. The highest BCUT2D eigenvalue weighted by atomic mass is 79.9. The molecule has 0 saturated heterocycles. The lowest BCUT2D eigenvalue weighted by molar-refractivity contribution is -0.0816. The Bertz CT molecular complexity index is 854. The number of aliphatic hydroxyl groups excluding tert-OH is 2. The van der Waals surface area contributed by atoms with Gasteiger partial charge < -0.3 is 24.4 Å². The van der Waals surface area contributed by atoms with E-state index in [1.54, 1.807) is 24.3 Å². The molecular weight excluding hydrogens is 500 g/mol. The van der Waals surface area contributed by atoms with E-state index in [2.05, 4.69) is 36.6 Å². The van der Waals surface area contributed by atoms with Crippen molar-refractivity contribution in [1.29, 1.82) is 0 Å². The first kappa shape index (κ1) is 24.3. The molecule has 2 atom stereocenters. The zero-order valence-corrected chi connectivity index (χ0v) is 17.5. The topological polar surface area (TPSA) is 102 Å². The number of ether oxygens (including phenoxy) is 3. The summed E-state index contributed by atoms with van der Waals surface area (Å²) in [5.41, 5.74) is 2.32. The molecule has 152 valence electrons. The first-order chi connectivity index (χ1) is 12.9. The lowest BCUT2D eigenvalue weighted by Crippen LogP contribution is -1.99.